The quantitative estimate of drug-likeness (QED) is 0.418. The summed E-state index contributed by atoms with van der Waals surface area (Å²) in [5, 5.41) is 7.25. The summed E-state index contributed by atoms with van der Waals surface area (Å²) in [5.74, 6) is 1.71. The van der Waals surface area contributed by atoms with Crippen molar-refractivity contribution in [2.24, 2.45) is 0 Å². The van der Waals surface area contributed by atoms with Crippen LogP contribution >= 0.6 is 0 Å². The van der Waals surface area contributed by atoms with Crippen LogP contribution in [0.5, 0.6) is 11.5 Å². The summed E-state index contributed by atoms with van der Waals surface area (Å²) in [6, 6.07) is 22.3. The third kappa shape index (κ3) is 4.63. The molecule has 5 heteroatoms. The van der Waals surface area contributed by atoms with Gasteiger partial charge in [0.25, 0.3) is 0 Å². The van der Waals surface area contributed by atoms with E-state index in [1.165, 1.54) is 11.1 Å². The number of nitrogens with one attached hydrogen (secondary N) is 2. The van der Waals surface area contributed by atoms with Crippen molar-refractivity contribution in [3.63, 3.8) is 0 Å². The number of anilines is 2. The fraction of sp³-hybridized carbons (Fsp3) is 0.300. The van der Waals surface area contributed by atoms with E-state index in [9.17, 15) is 4.79 Å². The minimum absolute atomic E-state index is 0.152. The van der Waals surface area contributed by atoms with Crippen LogP contribution < -0.4 is 20.1 Å². The molecule has 0 unspecified atom stereocenters. The Bertz CT molecular complexity index is 1260. The maximum atomic E-state index is 13.7. The highest BCUT2D eigenvalue weighted by Crippen LogP contribution is 2.45. The molecule has 3 aromatic carbocycles. The Morgan fingerprint density at radius 2 is 1.66 bits per heavy atom. The third-order valence-electron chi connectivity index (χ3n) is 6.84. The van der Waals surface area contributed by atoms with Gasteiger partial charge in [0.15, 0.2) is 17.3 Å². The van der Waals surface area contributed by atoms with Crippen LogP contribution in [0.15, 0.2) is 78.0 Å². The average molecular weight is 469 g/mol. The lowest BCUT2D eigenvalue weighted by Gasteiger charge is -2.30. The van der Waals surface area contributed by atoms with E-state index in [1.54, 1.807) is 7.11 Å². The van der Waals surface area contributed by atoms with Gasteiger partial charge in [-0.3, -0.25) is 4.79 Å². The van der Waals surface area contributed by atoms with E-state index in [2.05, 4.69) is 54.8 Å². The lowest BCUT2D eigenvalue weighted by Crippen LogP contribution is -2.26. The monoisotopic (exact) mass is 468 g/mol. The number of para-hydroxylation sites is 2. The SMILES string of the molecule is CCCOc1ccc([C@@H]2Nc3ccccc3NC3=C2C(=O)C[C@@H](c2ccc(C)cc2)C3)cc1OC. The molecule has 5 nitrogen and oxygen atoms in total. The maximum Gasteiger partial charge on any atom is 0.163 e. The van der Waals surface area contributed by atoms with Crippen molar-refractivity contribution >= 4 is 17.2 Å². The Morgan fingerprint density at radius 1 is 0.914 bits per heavy atom. The number of rotatable bonds is 6. The molecule has 0 radical (unpaired) electrons. The lowest BCUT2D eigenvalue weighted by atomic mass is 9.78. The van der Waals surface area contributed by atoms with E-state index in [-0.39, 0.29) is 17.7 Å². The van der Waals surface area contributed by atoms with Gasteiger partial charge in [-0.1, -0.05) is 55.0 Å². The van der Waals surface area contributed by atoms with Gasteiger partial charge in [-0.25, -0.2) is 0 Å². The van der Waals surface area contributed by atoms with Crippen molar-refractivity contribution in [1.29, 1.82) is 0 Å². The van der Waals surface area contributed by atoms with Crippen LogP contribution in [0, 0.1) is 6.92 Å². The van der Waals surface area contributed by atoms with E-state index in [4.69, 9.17) is 9.47 Å². The second-order valence-corrected chi connectivity index (χ2v) is 9.34. The number of hydrogen-bond acceptors (Lipinski definition) is 5. The third-order valence-corrected chi connectivity index (χ3v) is 6.84. The smallest absolute Gasteiger partial charge is 0.163 e. The molecule has 5 rings (SSSR count). The van der Waals surface area contributed by atoms with Gasteiger partial charge in [-0.15, -0.1) is 0 Å². The Hall–Kier alpha value is -3.73. The zero-order valence-corrected chi connectivity index (χ0v) is 20.6. The zero-order valence-electron chi connectivity index (χ0n) is 20.6. The second kappa shape index (κ2) is 9.87. The lowest BCUT2D eigenvalue weighted by molar-refractivity contribution is -0.116. The number of Topliss-reactive ketones (excluding diaryl/α,β-unsaturated/α-hetero) is 1. The number of allylic oxidation sites excluding steroid dienone is 1. The fourth-order valence-electron chi connectivity index (χ4n) is 5.01. The van der Waals surface area contributed by atoms with Gasteiger partial charge in [0.05, 0.1) is 31.1 Å². The van der Waals surface area contributed by atoms with E-state index in [0.717, 1.165) is 41.1 Å². The molecular weight excluding hydrogens is 436 g/mol. The number of methoxy groups -OCH3 is 1. The Kier molecular flexibility index (Phi) is 6.49. The molecule has 0 saturated carbocycles. The molecule has 0 aromatic heterocycles. The van der Waals surface area contributed by atoms with Crippen molar-refractivity contribution < 1.29 is 14.3 Å². The molecule has 1 heterocycles. The summed E-state index contributed by atoms with van der Waals surface area (Å²) in [6.07, 6.45) is 2.20. The van der Waals surface area contributed by atoms with Crippen molar-refractivity contribution in [3.05, 3.63) is 94.7 Å². The Labute approximate surface area is 207 Å². The summed E-state index contributed by atoms with van der Waals surface area (Å²) in [5.41, 5.74) is 7.14. The first-order chi connectivity index (χ1) is 17.1. The second-order valence-electron chi connectivity index (χ2n) is 9.34. The molecule has 1 aliphatic carbocycles. The maximum absolute atomic E-state index is 13.7. The van der Waals surface area contributed by atoms with Gasteiger partial charge in [-0.2, -0.15) is 0 Å². The molecule has 35 heavy (non-hydrogen) atoms. The van der Waals surface area contributed by atoms with Crippen LogP contribution in [0.1, 0.15) is 54.8 Å². The van der Waals surface area contributed by atoms with Gasteiger partial charge >= 0.3 is 0 Å². The van der Waals surface area contributed by atoms with Gasteiger partial charge in [-0.05, 0) is 61.1 Å². The molecular formula is C30H32N2O3. The highest BCUT2D eigenvalue weighted by molar-refractivity contribution is 6.01. The zero-order chi connectivity index (χ0) is 24.4. The summed E-state index contributed by atoms with van der Waals surface area (Å²) in [7, 11) is 1.65. The van der Waals surface area contributed by atoms with Gasteiger partial charge in [0.1, 0.15) is 0 Å². The molecule has 2 aliphatic rings. The Balaban J connectivity index is 1.57. The molecule has 1 aliphatic heterocycles. The summed E-state index contributed by atoms with van der Waals surface area (Å²) < 4.78 is 11.5. The van der Waals surface area contributed by atoms with Crippen molar-refractivity contribution in [2.75, 3.05) is 24.4 Å². The molecule has 0 bridgehead atoms. The number of fused-ring (bicyclic) bond motifs is 1. The molecule has 0 spiro atoms. The van der Waals surface area contributed by atoms with Crippen LogP contribution in [0.2, 0.25) is 0 Å². The number of ketones is 1. The summed E-state index contributed by atoms with van der Waals surface area (Å²) >= 11 is 0. The number of benzene rings is 3. The minimum Gasteiger partial charge on any atom is -0.493 e. The van der Waals surface area contributed by atoms with E-state index < -0.39 is 0 Å². The summed E-state index contributed by atoms with van der Waals surface area (Å²) in [6.45, 7) is 4.79. The van der Waals surface area contributed by atoms with Crippen molar-refractivity contribution in [3.8, 4) is 11.5 Å². The standard InChI is InChI=1S/C30H32N2O3/c1-4-15-35-27-14-13-21(18-28(27)34-3)30-29-25(31-23-7-5-6-8-24(23)32-30)16-22(17-26(29)33)20-11-9-19(2)10-12-20/h5-14,18,22,30-32H,4,15-17H2,1-3H3/t22-,30-/m0/s1. The van der Waals surface area contributed by atoms with E-state index in [0.29, 0.717) is 24.5 Å². The van der Waals surface area contributed by atoms with Crippen LogP contribution in [-0.2, 0) is 4.79 Å². The normalized spacial score (nSPS) is 19.1. The van der Waals surface area contributed by atoms with Gasteiger partial charge in [0, 0.05) is 17.7 Å². The number of hydrogen-bond donors (Lipinski definition) is 2. The predicted molar refractivity (Wildman–Crippen MR) is 140 cm³/mol. The molecule has 2 atom stereocenters. The number of carbonyl (C=O) groups is 1. The number of carbonyl (C=O) groups excluding carboxylic acids is 1. The Morgan fingerprint density at radius 3 is 2.40 bits per heavy atom. The van der Waals surface area contributed by atoms with E-state index >= 15 is 0 Å². The average Bonchev–Trinajstić information content (AvgIpc) is 3.04. The van der Waals surface area contributed by atoms with E-state index in [1.807, 2.05) is 36.4 Å². The minimum atomic E-state index is -0.290. The molecule has 180 valence electrons. The number of ether oxygens (including phenoxy) is 2. The highest BCUT2D eigenvalue weighted by atomic mass is 16.5. The van der Waals surface area contributed by atoms with Crippen LogP contribution in [0.4, 0.5) is 11.4 Å². The predicted octanol–water partition coefficient (Wildman–Crippen LogP) is 6.77. The van der Waals surface area contributed by atoms with Crippen LogP contribution in [-0.4, -0.2) is 19.5 Å². The first-order valence-corrected chi connectivity index (χ1v) is 12.3. The summed E-state index contributed by atoms with van der Waals surface area (Å²) in [4.78, 5) is 13.7. The first-order valence-electron chi connectivity index (χ1n) is 12.3. The topological polar surface area (TPSA) is 59.6 Å². The first kappa shape index (κ1) is 23.0. The van der Waals surface area contributed by atoms with Crippen LogP contribution in [0.3, 0.4) is 0 Å². The fourth-order valence-corrected chi connectivity index (χ4v) is 5.01. The molecule has 3 aromatic rings. The molecule has 0 saturated heterocycles. The molecule has 0 amide bonds. The number of aryl methyl sites for hydroxylation is 1. The molecule has 2 N–H and O–H groups in total. The van der Waals surface area contributed by atoms with Crippen molar-refractivity contribution in [2.45, 2.75) is 45.1 Å². The molecule has 0 fully saturated rings. The van der Waals surface area contributed by atoms with Gasteiger partial charge < -0.3 is 20.1 Å². The van der Waals surface area contributed by atoms with Crippen LogP contribution in [0.25, 0.3) is 0 Å². The highest BCUT2D eigenvalue weighted by Gasteiger charge is 2.36. The van der Waals surface area contributed by atoms with Gasteiger partial charge in [0.2, 0.25) is 0 Å². The largest absolute Gasteiger partial charge is 0.493 e. The van der Waals surface area contributed by atoms with Crippen molar-refractivity contribution in [1.82, 2.24) is 0 Å².